The fraction of sp³-hybridized carbons (Fsp3) is 1.00. The van der Waals surface area contributed by atoms with E-state index >= 15 is 0 Å². The average Bonchev–Trinajstić information content (AvgIpc) is 2.07. The van der Waals surface area contributed by atoms with Crippen LogP contribution in [-0.4, -0.2) is 57.9 Å². The molecule has 1 heterocycles. The number of piperidine rings is 1. The molecule has 0 saturated carbocycles. The van der Waals surface area contributed by atoms with Crippen LogP contribution in [0.5, 0.6) is 0 Å². The molecule has 0 unspecified atom stereocenters. The number of aliphatic hydroxyl groups excluding tert-OH is 4. The van der Waals surface area contributed by atoms with Crippen LogP contribution >= 0.6 is 0 Å². The van der Waals surface area contributed by atoms with E-state index < -0.39 is 18.3 Å². The molecule has 0 amide bonds. The number of hydrogen-bond donors (Lipinski definition) is 5. The lowest BCUT2D eigenvalue weighted by atomic mass is 9.94. The predicted octanol–water partition coefficient (Wildman–Crippen LogP) is -2.58. The Kier molecular flexibility index (Phi) is 3.42. The van der Waals surface area contributed by atoms with Gasteiger partial charge in [0.25, 0.3) is 0 Å². The first-order valence-corrected chi connectivity index (χ1v) is 4.05. The molecule has 0 spiro atoms. The Balaban J connectivity index is 2.46. The van der Waals surface area contributed by atoms with E-state index in [9.17, 15) is 10.2 Å². The van der Waals surface area contributed by atoms with Gasteiger partial charge in [0.1, 0.15) is 6.10 Å². The molecule has 12 heavy (non-hydrogen) atoms. The summed E-state index contributed by atoms with van der Waals surface area (Å²) in [4.78, 5) is 0. The first kappa shape index (κ1) is 9.88. The van der Waals surface area contributed by atoms with Crippen molar-refractivity contribution in [2.75, 3.05) is 13.2 Å². The van der Waals surface area contributed by atoms with Gasteiger partial charge in [-0.25, -0.2) is 0 Å². The summed E-state index contributed by atoms with van der Waals surface area (Å²) < 4.78 is 0. The zero-order valence-electron chi connectivity index (χ0n) is 6.72. The minimum absolute atomic E-state index is 0.0441. The van der Waals surface area contributed by atoms with E-state index in [0.717, 1.165) is 0 Å². The molecule has 0 radical (unpaired) electrons. The molecule has 1 saturated heterocycles. The Bertz CT molecular complexity index is 143. The standard InChI is InChI=1S/C7H15NO4/c9-2-1-4-6(11)7(12)5(10)3-8-4/h4-12H,1-3H2/t4-,5-,6+,7-/m1/s1. The van der Waals surface area contributed by atoms with Gasteiger partial charge in [-0.2, -0.15) is 0 Å². The van der Waals surface area contributed by atoms with Gasteiger partial charge in [0.15, 0.2) is 0 Å². The normalized spacial score (nSPS) is 43.0. The number of aliphatic hydroxyl groups is 4. The average molecular weight is 177 g/mol. The van der Waals surface area contributed by atoms with Gasteiger partial charge < -0.3 is 25.7 Å². The van der Waals surface area contributed by atoms with Crippen molar-refractivity contribution in [1.82, 2.24) is 5.32 Å². The maximum absolute atomic E-state index is 9.36. The molecule has 5 nitrogen and oxygen atoms in total. The molecule has 5 heteroatoms. The summed E-state index contributed by atoms with van der Waals surface area (Å²) in [6, 6.07) is -0.326. The van der Waals surface area contributed by atoms with Crippen LogP contribution in [0.2, 0.25) is 0 Å². The molecule has 1 fully saturated rings. The Morgan fingerprint density at radius 1 is 1.17 bits per heavy atom. The molecule has 1 aliphatic heterocycles. The van der Waals surface area contributed by atoms with Crippen molar-refractivity contribution in [3.63, 3.8) is 0 Å². The summed E-state index contributed by atoms with van der Waals surface area (Å²) in [6.07, 6.45) is -2.65. The van der Waals surface area contributed by atoms with E-state index in [0.29, 0.717) is 6.42 Å². The van der Waals surface area contributed by atoms with Gasteiger partial charge in [0.2, 0.25) is 0 Å². The fourth-order valence-electron chi connectivity index (χ4n) is 1.39. The lowest BCUT2D eigenvalue weighted by Crippen LogP contribution is -2.59. The summed E-state index contributed by atoms with van der Waals surface area (Å²) in [7, 11) is 0. The molecule has 0 aromatic carbocycles. The van der Waals surface area contributed by atoms with Gasteiger partial charge in [-0.1, -0.05) is 0 Å². The lowest BCUT2D eigenvalue weighted by molar-refractivity contribution is -0.0965. The molecule has 5 N–H and O–H groups in total. The topological polar surface area (TPSA) is 93.0 Å². The monoisotopic (exact) mass is 177 g/mol. The smallest absolute Gasteiger partial charge is 0.108 e. The van der Waals surface area contributed by atoms with Gasteiger partial charge in [-0.3, -0.25) is 0 Å². The van der Waals surface area contributed by atoms with Crippen molar-refractivity contribution in [2.45, 2.75) is 30.8 Å². The SMILES string of the molecule is OCC[C@H]1NC[C@@H](O)[C@@H](O)[C@H]1O. The number of rotatable bonds is 2. The molecular formula is C7H15NO4. The van der Waals surface area contributed by atoms with E-state index in [-0.39, 0.29) is 19.2 Å². The number of hydrogen-bond acceptors (Lipinski definition) is 5. The van der Waals surface area contributed by atoms with E-state index in [2.05, 4.69) is 5.32 Å². The minimum Gasteiger partial charge on any atom is -0.396 e. The predicted molar refractivity (Wildman–Crippen MR) is 41.5 cm³/mol. The van der Waals surface area contributed by atoms with E-state index in [1.165, 1.54) is 0 Å². The second-order valence-electron chi connectivity index (χ2n) is 3.08. The highest BCUT2D eigenvalue weighted by Gasteiger charge is 2.35. The second kappa shape index (κ2) is 4.15. The van der Waals surface area contributed by atoms with Gasteiger partial charge in [0.05, 0.1) is 12.2 Å². The first-order chi connectivity index (χ1) is 5.66. The number of β-amino-alcohol motifs (C(OH)–C–C–N with tert-alkyl or cyclic N) is 1. The van der Waals surface area contributed by atoms with Crippen LogP contribution in [0.3, 0.4) is 0 Å². The highest BCUT2D eigenvalue weighted by molar-refractivity contribution is 4.91. The van der Waals surface area contributed by atoms with Crippen LogP contribution in [0.25, 0.3) is 0 Å². The maximum atomic E-state index is 9.36. The summed E-state index contributed by atoms with van der Waals surface area (Å²) in [6.45, 7) is 0.209. The van der Waals surface area contributed by atoms with Crippen LogP contribution in [0, 0.1) is 0 Å². The van der Waals surface area contributed by atoms with Gasteiger partial charge in [-0.05, 0) is 6.42 Å². The number of nitrogens with one attached hydrogen (secondary N) is 1. The minimum atomic E-state index is -1.11. The molecule has 0 aromatic rings. The Morgan fingerprint density at radius 3 is 2.42 bits per heavy atom. The van der Waals surface area contributed by atoms with E-state index in [1.54, 1.807) is 0 Å². The third-order valence-electron chi connectivity index (χ3n) is 2.19. The lowest BCUT2D eigenvalue weighted by Gasteiger charge is -2.35. The second-order valence-corrected chi connectivity index (χ2v) is 3.08. The van der Waals surface area contributed by atoms with E-state index in [1.807, 2.05) is 0 Å². The van der Waals surface area contributed by atoms with Crippen LogP contribution in [0.4, 0.5) is 0 Å². The van der Waals surface area contributed by atoms with Crippen molar-refractivity contribution in [3.05, 3.63) is 0 Å². The largest absolute Gasteiger partial charge is 0.396 e. The molecule has 1 rings (SSSR count). The molecule has 4 atom stereocenters. The molecule has 72 valence electrons. The summed E-state index contributed by atoms with van der Waals surface area (Å²) in [5.74, 6) is 0. The van der Waals surface area contributed by atoms with Crippen LogP contribution in [0.15, 0.2) is 0 Å². The molecular weight excluding hydrogens is 162 g/mol. The Labute approximate surface area is 70.6 Å². The van der Waals surface area contributed by atoms with Crippen molar-refractivity contribution in [2.24, 2.45) is 0 Å². The highest BCUT2D eigenvalue weighted by atomic mass is 16.4. The molecule has 0 aromatic heterocycles. The van der Waals surface area contributed by atoms with Crippen molar-refractivity contribution >= 4 is 0 Å². The van der Waals surface area contributed by atoms with E-state index in [4.69, 9.17) is 10.2 Å². The van der Waals surface area contributed by atoms with Crippen LogP contribution in [0.1, 0.15) is 6.42 Å². The van der Waals surface area contributed by atoms with Crippen LogP contribution < -0.4 is 5.32 Å². The van der Waals surface area contributed by atoms with Crippen LogP contribution in [-0.2, 0) is 0 Å². The first-order valence-electron chi connectivity index (χ1n) is 4.05. The Hall–Kier alpha value is -0.200. The third kappa shape index (κ3) is 1.94. The van der Waals surface area contributed by atoms with Crippen molar-refractivity contribution in [1.29, 1.82) is 0 Å². The molecule has 0 bridgehead atoms. The fourth-order valence-corrected chi connectivity index (χ4v) is 1.39. The maximum Gasteiger partial charge on any atom is 0.108 e. The zero-order chi connectivity index (χ0) is 9.14. The summed E-state index contributed by atoms with van der Waals surface area (Å²) >= 11 is 0. The highest BCUT2D eigenvalue weighted by Crippen LogP contribution is 2.12. The third-order valence-corrected chi connectivity index (χ3v) is 2.19. The van der Waals surface area contributed by atoms with Gasteiger partial charge in [0, 0.05) is 19.2 Å². The van der Waals surface area contributed by atoms with Gasteiger partial charge >= 0.3 is 0 Å². The Morgan fingerprint density at radius 2 is 1.83 bits per heavy atom. The van der Waals surface area contributed by atoms with Crippen molar-refractivity contribution in [3.8, 4) is 0 Å². The molecule has 0 aliphatic carbocycles. The van der Waals surface area contributed by atoms with Gasteiger partial charge in [-0.15, -0.1) is 0 Å². The quantitative estimate of drug-likeness (QED) is 0.319. The zero-order valence-corrected chi connectivity index (χ0v) is 6.72. The van der Waals surface area contributed by atoms with Crippen molar-refractivity contribution < 1.29 is 20.4 Å². The summed E-state index contributed by atoms with van der Waals surface area (Å²) in [5, 5.41) is 39.1. The molecule has 1 aliphatic rings. The summed E-state index contributed by atoms with van der Waals surface area (Å²) in [5.41, 5.74) is 0.